The van der Waals surface area contributed by atoms with Crippen molar-refractivity contribution in [1.29, 1.82) is 0 Å². The monoisotopic (exact) mass is 259 g/mol. The van der Waals surface area contributed by atoms with Crippen LogP contribution in [0.4, 0.5) is 15.8 Å². The number of fused-ring (bicyclic) bond motifs is 1. The topological polar surface area (TPSA) is 3.24 Å². The van der Waals surface area contributed by atoms with E-state index >= 15 is 0 Å². The summed E-state index contributed by atoms with van der Waals surface area (Å²) in [6.07, 6.45) is 3.96. The molecule has 0 fully saturated rings. The van der Waals surface area contributed by atoms with Crippen LogP contribution in [0.15, 0.2) is 48.5 Å². The van der Waals surface area contributed by atoms with Crippen molar-refractivity contribution in [2.45, 2.75) is 0 Å². The standard InChI is InChI=1S/C15H11ClFN/c16-12-4-1-5-14(10-12)18-8-2-3-11-9-13(17)6-7-15(11)18/h1-7,9-10H,8H2. The molecule has 0 unspecified atom stereocenters. The molecule has 0 aromatic heterocycles. The molecule has 3 heteroatoms. The average molecular weight is 260 g/mol. The van der Waals surface area contributed by atoms with Crippen LogP contribution in [0.3, 0.4) is 0 Å². The van der Waals surface area contributed by atoms with Crippen molar-refractivity contribution < 1.29 is 4.39 Å². The summed E-state index contributed by atoms with van der Waals surface area (Å²) >= 11 is 6.01. The molecule has 1 aliphatic heterocycles. The first kappa shape index (κ1) is 11.3. The maximum atomic E-state index is 13.2. The van der Waals surface area contributed by atoms with E-state index in [2.05, 4.69) is 4.90 Å². The summed E-state index contributed by atoms with van der Waals surface area (Å²) in [6, 6.07) is 12.5. The fraction of sp³-hybridized carbons (Fsp3) is 0.0667. The smallest absolute Gasteiger partial charge is 0.123 e. The van der Waals surface area contributed by atoms with E-state index < -0.39 is 0 Å². The number of nitrogens with zero attached hydrogens (tertiary/aromatic N) is 1. The van der Waals surface area contributed by atoms with Crippen LogP contribution >= 0.6 is 11.6 Å². The highest BCUT2D eigenvalue weighted by Crippen LogP contribution is 2.33. The van der Waals surface area contributed by atoms with Crippen LogP contribution in [0.5, 0.6) is 0 Å². The predicted octanol–water partition coefficient (Wildman–Crippen LogP) is 4.64. The van der Waals surface area contributed by atoms with E-state index in [0.717, 1.165) is 23.5 Å². The molecule has 0 saturated carbocycles. The minimum atomic E-state index is -0.216. The van der Waals surface area contributed by atoms with Crippen molar-refractivity contribution in [3.05, 3.63) is 64.9 Å². The first-order chi connectivity index (χ1) is 8.74. The molecule has 0 bridgehead atoms. The van der Waals surface area contributed by atoms with Gasteiger partial charge in [0.2, 0.25) is 0 Å². The Morgan fingerprint density at radius 1 is 1.11 bits per heavy atom. The van der Waals surface area contributed by atoms with E-state index in [1.807, 2.05) is 36.4 Å². The van der Waals surface area contributed by atoms with E-state index in [-0.39, 0.29) is 5.82 Å². The summed E-state index contributed by atoms with van der Waals surface area (Å²) in [4.78, 5) is 2.11. The molecule has 0 aliphatic carbocycles. The van der Waals surface area contributed by atoms with Crippen molar-refractivity contribution in [1.82, 2.24) is 0 Å². The van der Waals surface area contributed by atoms with Gasteiger partial charge >= 0.3 is 0 Å². The molecule has 3 rings (SSSR count). The second-order valence-electron chi connectivity index (χ2n) is 4.20. The molecule has 2 aromatic carbocycles. The van der Waals surface area contributed by atoms with Gasteiger partial charge in [-0.3, -0.25) is 0 Å². The van der Waals surface area contributed by atoms with E-state index in [1.54, 1.807) is 12.1 Å². The summed E-state index contributed by atoms with van der Waals surface area (Å²) in [7, 11) is 0. The van der Waals surface area contributed by atoms with Crippen molar-refractivity contribution in [2.75, 3.05) is 11.4 Å². The lowest BCUT2D eigenvalue weighted by atomic mass is 10.1. The molecule has 2 aromatic rings. The number of anilines is 2. The maximum Gasteiger partial charge on any atom is 0.123 e. The van der Waals surface area contributed by atoms with Crippen molar-refractivity contribution in [3.63, 3.8) is 0 Å². The molecule has 0 N–H and O–H groups in total. The van der Waals surface area contributed by atoms with Gasteiger partial charge in [-0.25, -0.2) is 4.39 Å². The maximum absolute atomic E-state index is 13.2. The Balaban J connectivity index is 2.09. The Kier molecular flexibility index (Phi) is 2.80. The van der Waals surface area contributed by atoms with Crippen molar-refractivity contribution in [3.8, 4) is 0 Å². The summed E-state index contributed by atoms with van der Waals surface area (Å²) in [5.41, 5.74) is 2.90. The summed E-state index contributed by atoms with van der Waals surface area (Å²) in [5, 5.41) is 0.700. The molecule has 90 valence electrons. The van der Waals surface area contributed by atoms with Gasteiger partial charge < -0.3 is 4.90 Å². The molecule has 0 atom stereocenters. The molecule has 1 aliphatic rings. The predicted molar refractivity (Wildman–Crippen MR) is 73.9 cm³/mol. The minimum absolute atomic E-state index is 0.216. The largest absolute Gasteiger partial charge is 0.337 e. The zero-order valence-corrected chi connectivity index (χ0v) is 10.4. The molecule has 1 nitrogen and oxygen atoms in total. The molecule has 0 spiro atoms. The van der Waals surface area contributed by atoms with Gasteiger partial charge in [0.05, 0.1) is 0 Å². The number of hydrogen-bond acceptors (Lipinski definition) is 1. The van der Waals surface area contributed by atoms with Crippen LogP contribution in [0.2, 0.25) is 5.02 Å². The molecule has 0 radical (unpaired) electrons. The van der Waals surface area contributed by atoms with Gasteiger partial charge in [0, 0.05) is 28.5 Å². The quantitative estimate of drug-likeness (QED) is 0.721. The van der Waals surface area contributed by atoms with Crippen LogP contribution in [0.1, 0.15) is 5.56 Å². The fourth-order valence-electron chi connectivity index (χ4n) is 2.18. The zero-order chi connectivity index (χ0) is 12.5. The Bertz CT molecular complexity index is 622. The lowest BCUT2D eigenvalue weighted by Crippen LogP contribution is -2.20. The minimum Gasteiger partial charge on any atom is -0.337 e. The number of rotatable bonds is 1. The third kappa shape index (κ3) is 2.00. The molecule has 0 amide bonds. The van der Waals surface area contributed by atoms with Crippen molar-refractivity contribution in [2.24, 2.45) is 0 Å². The van der Waals surface area contributed by atoms with Gasteiger partial charge in [-0.2, -0.15) is 0 Å². The lowest BCUT2D eigenvalue weighted by Gasteiger charge is -2.28. The van der Waals surface area contributed by atoms with Crippen LogP contribution in [0.25, 0.3) is 6.08 Å². The van der Waals surface area contributed by atoms with Gasteiger partial charge in [-0.1, -0.05) is 29.8 Å². The highest BCUT2D eigenvalue weighted by Gasteiger charge is 2.15. The highest BCUT2D eigenvalue weighted by molar-refractivity contribution is 6.30. The number of hydrogen-bond donors (Lipinski definition) is 0. The molecular weight excluding hydrogens is 249 g/mol. The fourth-order valence-corrected chi connectivity index (χ4v) is 2.36. The van der Waals surface area contributed by atoms with E-state index in [1.165, 1.54) is 6.07 Å². The van der Waals surface area contributed by atoms with Crippen LogP contribution in [-0.2, 0) is 0 Å². The summed E-state index contributed by atoms with van der Waals surface area (Å²) in [5.74, 6) is -0.216. The van der Waals surface area contributed by atoms with Gasteiger partial charge in [0.1, 0.15) is 5.82 Å². The van der Waals surface area contributed by atoms with Gasteiger partial charge in [-0.15, -0.1) is 0 Å². The first-order valence-electron chi connectivity index (χ1n) is 5.73. The highest BCUT2D eigenvalue weighted by atomic mass is 35.5. The lowest BCUT2D eigenvalue weighted by molar-refractivity contribution is 0.627. The Hall–Kier alpha value is -1.80. The first-order valence-corrected chi connectivity index (χ1v) is 6.11. The summed E-state index contributed by atoms with van der Waals surface area (Å²) < 4.78 is 13.2. The molecule has 18 heavy (non-hydrogen) atoms. The SMILES string of the molecule is Fc1ccc2c(c1)C=CCN2c1cccc(Cl)c1. The Morgan fingerprint density at radius 2 is 2.00 bits per heavy atom. The third-order valence-electron chi connectivity index (χ3n) is 2.99. The summed E-state index contributed by atoms with van der Waals surface area (Å²) in [6.45, 7) is 0.763. The van der Waals surface area contributed by atoms with Crippen LogP contribution in [-0.4, -0.2) is 6.54 Å². The van der Waals surface area contributed by atoms with Crippen LogP contribution < -0.4 is 4.90 Å². The second-order valence-corrected chi connectivity index (χ2v) is 4.63. The molecule has 1 heterocycles. The van der Waals surface area contributed by atoms with Crippen molar-refractivity contribution >= 4 is 29.1 Å². The van der Waals surface area contributed by atoms with E-state index in [9.17, 15) is 4.39 Å². The van der Waals surface area contributed by atoms with E-state index in [0.29, 0.717) is 5.02 Å². The van der Waals surface area contributed by atoms with Gasteiger partial charge in [0.25, 0.3) is 0 Å². The van der Waals surface area contributed by atoms with Gasteiger partial charge in [-0.05, 0) is 36.4 Å². The Morgan fingerprint density at radius 3 is 2.83 bits per heavy atom. The Labute approximate surface area is 110 Å². The number of benzene rings is 2. The molecule has 0 saturated heterocycles. The third-order valence-corrected chi connectivity index (χ3v) is 3.22. The second kappa shape index (κ2) is 4.46. The number of halogens is 2. The van der Waals surface area contributed by atoms with Gasteiger partial charge in [0.15, 0.2) is 0 Å². The average Bonchev–Trinajstić information content (AvgIpc) is 2.37. The van der Waals surface area contributed by atoms with Crippen LogP contribution in [0, 0.1) is 5.82 Å². The normalized spacial score (nSPS) is 13.6. The van der Waals surface area contributed by atoms with E-state index in [4.69, 9.17) is 11.6 Å². The molecular formula is C15H11ClFN. The zero-order valence-electron chi connectivity index (χ0n) is 9.61.